The summed E-state index contributed by atoms with van der Waals surface area (Å²) in [5, 5.41) is 0. The molecule has 24 heavy (non-hydrogen) atoms. The molecule has 0 heterocycles. The molecule has 0 aliphatic heterocycles. The fourth-order valence-electron chi connectivity index (χ4n) is 2.57. The van der Waals surface area contributed by atoms with Gasteiger partial charge in [-0.05, 0) is 58.9 Å². The summed E-state index contributed by atoms with van der Waals surface area (Å²) in [6.07, 6.45) is 2.56. The van der Waals surface area contributed by atoms with Crippen molar-refractivity contribution in [2.24, 2.45) is 0 Å². The highest BCUT2D eigenvalue weighted by molar-refractivity contribution is 6.08. The molecule has 2 aromatic rings. The van der Waals surface area contributed by atoms with E-state index in [4.69, 9.17) is 4.74 Å². The molecule has 0 aliphatic carbocycles. The van der Waals surface area contributed by atoms with Crippen LogP contribution in [0.2, 0.25) is 0 Å². The second kappa shape index (κ2) is 7.48. The predicted molar refractivity (Wildman–Crippen MR) is 101 cm³/mol. The lowest BCUT2D eigenvalue weighted by atomic mass is 9.86. The van der Waals surface area contributed by atoms with Crippen LogP contribution in [0.5, 0.6) is 5.75 Å². The van der Waals surface area contributed by atoms with Gasteiger partial charge in [-0.15, -0.1) is 0 Å². The van der Waals surface area contributed by atoms with E-state index >= 15 is 0 Å². The molecule has 0 saturated heterocycles. The van der Waals surface area contributed by atoms with Crippen LogP contribution in [0.3, 0.4) is 0 Å². The van der Waals surface area contributed by atoms with Gasteiger partial charge in [-0.25, -0.2) is 0 Å². The number of hydrogen-bond donors (Lipinski definition) is 0. The summed E-state index contributed by atoms with van der Waals surface area (Å²) < 4.78 is 5.13. The third-order valence-corrected chi connectivity index (χ3v) is 4.18. The molecule has 0 unspecified atom stereocenters. The Bertz CT molecular complexity index is 714. The predicted octanol–water partition coefficient (Wildman–Crippen LogP) is 5.67. The monoisotopic (exact) mass is 322 g/mol. The third kappa shape index (κ3) is 4.35. The van der Waals surface area contributed by atoms with Gasteiger partial charge in [-0.1, -0.05) is 52.0 Å². The average Bonchev–Trinajstić information content (AvgIpc) is 2.59. The highest BCUT2D eigenvalue weighted by Gasteiger charge is 2.13. The molecule has 126 valence electrons. The van der Waals surface area contributed by atoms with E-state index < -0.39 is 0 Å². The van der Waals surface area contributed by atoms with Crippen LogP contribution in [0.4, 0.5) is 0 Å². The van der Waals surface area contributed by atoms with E-state index in [0.29, 0.717) is 5.56 Å². The fraction of sp³-hybridized carbons (Fsp3) is 0.318. The molecule has 0 aromatic heterocycles. The quantitative estimate of drug-likeness (QED) is 0.524. The first-order chi connectivity index (χ1) is 11.3. The molecule has 0 fully saturated rings. The Morgan fingerprint density at radius 1 is 0.958 bits per heavy atom. The van der Waals surface area contributed by atoms with Crippen molar-refractivity contribution in [3.63, 3.8) is 0 Å². The maximum Gasteiger partial charge on any atom is 0.186 e. The first-order valence-corrected chi connectivity index (χ1v) is 8.35. The summed E-state index contributed by atoms with van der Waals surface area (Å²) in [6, 6.07) is 15.7. The van der Waals surface area contributed by atoms with E-state index in [-0.39, 0.29) is 11.2 Å². The Balaban J connectivity index is 2.25. The van der Waals surface area contributed by atoms with Gasteiger partial charge in [0.15, 0.2) is 5.78 Å². The number of carbonyl (C=O) groups is 1. The zero-order valence-corrected chi connectivity index (χ0v) is 15.2. The molecular formula is C22H26O2. The van der Waals surface area contributed by atoms with Gasteiger partial charge >= 0.3 is 0 Å². The van der Waals surface area contributed by atoms with Crippen LogP contribution >= 0.6 is 0 Å². The van der Waals surface area contributed by atoms with Crippen molar-refractivity contribution in [2.45, 2.75) is 39.5 Å². The van der Waals surface area contributed by atoms with Crippen molar-refractivity contribution in [2.75, 3.05) is 7.11 Å². The Morgan fingerprint density at radius 3 is 1.96 bits per heavy atom. The highest BCUT2D eigenvalue weighted by Crippen LogP contribution is 2.26. The molecule has 2 aromatic carbocycles. The maximum atomic E-state index is 12.5. The summed E-state index contributed by atoms with van der Waals surface area (Å²) in [4.78, 5) is 12.5. The molecule has 2 rings (SSSR count). The van der Waals surface area contributed by atoms with Crippen molar-refractivity contribution in [3.8, 4) is 5.75 Å². The van der Waals surface area contributed by atoms with Gasteiger partial charge in [0.2, 0.25) is 0 Å². The number of hydrogen-bond acceptors (Lipinski definition) is 2. The van der Waals surface area contributed by atoms with Gasteiger partial charge in [-0.2, -0.15) is 0 Å². The van der Waals surface area contributed by atoms with E-state index in [2.05, 4.69) is 52.0 Å². The van der Waals surface area contributed by atoms with Crippen LogP contribution < -0.4 is 4.74 Å². The van der Waals surface area contributed by atoms with Crippen LogP contribution in [0, 0.1) is 0 Å². The van der Waals surface area contributed by atoms with Gasteiger partial charge in [0.05, 0.1) is 7.11 Å². The van der Waals surface area contributed by atoms with Crippen LogP contribution in [0.15, 0.2) is 54.6 Å². The van der Waals surface area contributed by atoms with E-state index in [0.717, 1.165) is 23.3 Å². The third-order valence-electron chi connectivity index (χ3n) is 4.18. The number of ether oxygens (including phenoxy) is 1. The van der Waals surface area contributed by atoms with Crippen LogP contribution in [0.1, 0.15) is 55.6 Å². The van der Waals surface area contributed by atoms with E-state index in [1.807, 2.05) is 12.1 Å². The molecular weight excluding hydrogens is 296 g/mol. The summed E-state index contributed by atoms with van der Waals surface area (Å²) in [6.45, 7) is 8.67. The van der Waals surface area contributed by atoms with E-state index in [1.54, 1.807) is 25.3 Å². The van der Waals surface area contributed by atoms with Gasteiger partial charge in [0, 0.05) is 5.56 Å². The standard InChI is InChI=1S/C22H26O2/c1-6-16(17-7-11-19(12-8-17)22(2,3)4)15-21(23)18-9-13-20(24-5)14-10-18/h7-15H,6H2,1-5H3. The average molecular weight is 322 g/mol. The Kier molecular flexibility index (Phi) is 5.61. The number of benzene rings is 2. The molecule has 0 saturated carbocycles. The van der Waals surface area contributed by atoms with Crippen LogP contribution in [-0.2, 0) is 5.41 Å². The smallest absolute Gasteiger partial charge is 0.186 e. The Morgan fingerprint density at radius 2 is 1.50 bits per heavy atom. The fourth-order valence-corrected chi connectivity index (χ4v) is 2.57. The molecule has 0 amide bonds. The minimum Gasteiger partial charge on any atom is -0.497 e. The van der Waals surface area contributed by atoms with Gasteiger partial charge in [-0.3, -0.25) is 4.79 Å². The highest BCUT2D eigenvalue weighted by atomic mass is 16.5. The number of ketones is 1. The van der Waals surface area contributed by atoms with Gasteiger partial charge < -0.3 is 4.74 Å². The minimum absolute atomic E-state index is 0.0226. The number of methoxy groups -OCH3 is 1. The first-order valence-electron chi connectivity index (χ1n) is 8.35. The summed E-state index contributed by atoms with van der Waals surface area (Å²) in [7, 11) is 1.62. The van der Waals surface area contributed by atoms with Crippen molar-refractivity contribution in [3.05, 3.63) is 71.3 Å². The second-order valence-electron chi connectivity index (χ2n) is 6.94. The van der Waals surface area contributed by atoms with Gasteiger partial charge in [0.1, 0.15) is 5.75 Å². The van der Waals surface area contributed by atoms with E-state index in [1.165, 1.54) is 5.56 Å². The molecule has 0 bridgehead atoms. The van der Waals surface area contributed by atoms with Crippen molar-refractivity contribution < 1.29 is 9.53 Å². The summed E-state index contributed by atoms with van der Waals surface area (Å²) in [5.41, 5.74) is 4.26. The molecule has 0 spiro atoms. The molecule has 2 heteroatoms. The Hall–Kier alpha value is -2.35. The molecule has 0 radical (unpaired) electrons. The zero-order chi connectivity index (χ0) is 17.7. The van der Waals surface area contributed by atoms with Crippen LogP contribution in [0.25, 0.3) is 5.57 Å². The lowest BCUT2D eigenvalue weighted by molar-refractivity contribution is 0.104. The summed E-state index contributed by atoms with van der Waals surface area (Å²) in [5.74, 6) is 0.776. The van der Waals surface area contributed by atoms with Crippen molar-refractivity contribution in [1.82, 2.24) is 0 Å². The SMILES string of the molecule is CCC(=CC(=O)c1ccc(OC)cc1)c1ccc(C(C)(C)C)cc1. The summed E-state index contributed by atoms with van der Waals surface area (Å²) >= 11 is 0. The molecule has 0 N–H and O–H groups in total. The van der Waals surface area contributed by atoms with E-state index in [9.17, 15) is 4.79 Å². The number of rotatable bonds is 5. The minimum atomic E-state index is 0.0226. The van der Waals surface area contributed by atoms with Crippen molar-refractivity contribution >= 4 is 11.4 Å². The van der Waals surface area contributed by atoms with Crippen molar-refractivity contribution in [1.29, 1.82) is 0 Å². The number of allylic oxidation sites excluding steroid dienone is 2. The molecule has 0 atom stereocenters. The van der Waals surface area contributed by atoms with Crippen LogP contribution in [-0.4, -0.2) is 12.9 Å². The number of carbonyl (C=O) groups excluding carboxylic acids is 1. The molecule has 0 aliphatic rings. The Labute approximate surface area is 145 Å². The topological polar surface area (TPSA) is 26.3 Å². The maximum absolute atomic E-state index is 12.5. The normalized spacial score (nSPS) is 12.1. The lowest BCUT2D eigenvalue weighted by Gasteiger charge is -2.19. The zero-order valence-electron chi connectivity index (χ0n) is 15.2. The van der Waals surface area contributed by atoms with Gasteiger partial charge in [0.25, 0.3) is 0 Å². The second-order valence-corrected chi connectivity index (χ2v) is 6.94. The lowest BCUT2D eigenvalue weighted by Crippen LogP contribution is -2.10. The largest absolute Gasteiger partial charge is 0.497 e. The first kappa shape index (κ1) is 18.0. The molecule has 2 nitrogen and oxygen atoms in total.